The van der Waals surface area contributed by atoms with Gasteiger partial charge in [-0.15, -0.1) is 5.10 Å². The number of nitrogens with zero attached hydrogens (tertiary/aromatic N) is 4. The Balaban J connectivity index is 1.85. The number of rotatable bonds is 4. The Morgan fingerprint density at radius 1 is 1.30 bits per heavy atom. The molecule has 23 heavy (non-hydrogen) atoms. The Morgan fingerprint density at radius 3 is 2.83 bits per heavy atom. The maximum Gasteiger partial charge on any atom is 0.227 e. The fourth-order valence-electron chi connectivity index (χ4n) is 2.37. The lowest BCUT2D eigenvalue weighted by atomic mass is 10.2. The Labute approximate surface area is 135 Å². The van der Waals surface area contributed by atoms with E-state index in [4.69, 9.17) is 16.0 Å². The topological polar surface area (TPSA) is 80.0 Å². The van der Waals surface area contributed by atoms with E-state index in [0.29, 0.717) is 34.6 Å². The molecule has 1 saturated carbocycles. The molecule has 0 atom stereocenters. The number of aromatic nitrogens is 4. The number of hydrogen-bond acceptors (Lipinski definition) is 5. The van der Waals surface area contributed by atoms with Crippen LogP contribution in [0.1, 0.15) is 24.5 Å². The quantitative estimate of drug-likeness (QED) is 0.729. The molecule has 1 aliphatic rings. The van der Waals surface area contributed by atoms with E-state index in [2.05, 4.69) is 32.1 Å². The van der Waals surface area contributed by atoms with Crippen molar-refractivity contribution in [3.8, 4) is 22.8 Å². The second kappa shape index (κ2) is 5.27. The second-order valence-electron chi connectivity index (χ2n) is 5.29. The fourth-order valence-corrected chi connectivity index (χ4v) is 2.55. The average Bonchev–Trinajstić information content (AvgIpc) is 3.12. The standard InChI is InChI=1S/C15H11ClFN5O/c1-18-14-12(20-22-21-14)11-13(7-2-3-7)23-15(19-11)8-4-5-10(17)9(16)6-8/h4-7H,1-3H2,(H,20,21,22). The summed E-state index contributed by atoms with van der Waals surface area (Å²) in [5.74, 6) is 1.28. The van der Waals surface area contributed by atoms with Gasteiger partial charge in [0, 0.05) is 11.5 Å². The summed E-state index contributed by atoms with van der Waals surface area (Å²) in [4.78, 5) is 8.33. The van der Waals surface area contributed by atoms with Gasteiger partial charge in [0.25, 0.3) is 0 Å². The average molecular weight is 332 g/mol. The van der Waals surface area contributed by atoms with Gasteiger partial charge in [-0.2, -0.15) is 10.3 Å². The predicted octanol–water partition coefficient (Wildman–Crippen LogP) is 4.13. The highest BCUT2D eigenvalue weighted by Crippen LogP contribution is 2.46. The zero-order valence-corrected chi connectivity index (χ0v) is 12.6. The highest BCUT2D eigenvalue weighted by molar-refractivity contribution is 6.31. The van der Waals surface area contributed by atoms with Gasteiger partial charge in [0.1, 0.15) is 17.3 Å². The number of H-pyrrole nitrogens is 1. The smallest absolute Gasteiger partial charge is 0.227 e. The van der Waals surface area contributed by atoms with E-state index in [1.54, 1.807) is 6.07 Å². The first kappa shape index (κ1) is 14.1. The van der Waals surface area contributed by atoms with Gasteiger partial charge < -0.3 is 4.42 Å². The van der Waals surface area contributed by atoms with E-state index in [1.807, 2.05) is 0 Å². The minimum Gasteiger partial charge on any atom is -0.440 e. The minimum atomic E-state index is -0.487. The first-order chi connectivity index (χ1) is 11.2. The number of aliphatic imine (C=N–C) groups is 1. The summed E-state index contributed by atoms with van der Waals surface area (Å²) in [7, 11) is 0. The molecule has 1 N–H and O–H groups in total. The van der Waals surface area contributed by atoms with E-state index < -0.39 is 5.82 Å². The van der Waals surface area contributed by atoms with Crippen molar-refractivity contribution in [1.29, 1.82) is 0 Å². The lowest BCUT2D eigenvalue weighted by molar-refractivity contribution is 0.521. The van der Waals surface area contributed by atoms with E-state index in [1.165, 1.54) is 12.1 Å². The summed E-state index contributed by atoms with van der Waals surface area (Å²) in [5.41, 5.74) is 1.67. The van der Waals surface area contributed by atoms with Gasteiger partial charge >= 0.3 is 0 Å². The van der Waals surface area contributed by atoms with Gasteiger partial charge in [0.15, 0.2) is 5.69 Å². The molecule has 6 nitrogen and oxygen atoms in total. The van der Waals surface area contributed by atoms with E-state index in [0.717, 1.165) is 18.6 Å². The monoisotopic (exact) mass is 331 g/mol. The molecule has 0 radical (unpaired) electrons. The molecule has 0 amide bonds. The minimum absolute atomic E-state index is 0.0186. The largest absolute Gasteiger partial charge is 0.440 e. The van der Waals surface area contributed by atoms with Crippen molar-refractivity contribution < 1.29 is 8.81 Å². The van der Waals surface area contributed by atoms with Crippen molar-refractivity contribution in [2.45, 2.75) is 18.8 Å². The molecular formula is C15H11ClFN5O. The van der Waals surface area contributed by atoms with Gasteiger partial charge in [-0.05, 0) is 37.8 Å². The normalized spacial score (nSPS) is 14.2. The maximum absolute atomic E-state index is 13.3. The van der Waals surface area contributed by atoms with Gasteiger partial charge in [-0.3, -0.25) is 0 Å². The zero-order chi connectivity index (χ0) is 16.0. The molecule has 8 heteroatoms. The van der Waals surface area contributed by atoms with Crippen LogP contribution in [0.4, 0.5) is 10.2 Å². The Hall–Kier alpha value is -2.54. The Bertz CT molecular complexity index is 899. The first-order valence-corrected chi connectivity index (χ1v) is 7.39. The molecule has 1 aliphatic carbocycles. The summed E-state index contributed by atoms with van der Waals surface area (Å²) in [6.07, 6.45) is 2.06. The number of benzene rings is 1. The highest BCUT2D eigenvalue weighted by atomic mass is 35.5. The second-order valence-corrected chi connectivity index (χ2v) is 5.70. The van der Waals surface area contributed by atoms with Crippen LogP contribution in [0.25, 0.3) is 22.8 Å². The summed E-state index contributed by atoms with van der Waals surface area (Å²) in [6.45, 7) is 3.48. The van der Waals surface area contributed by atoms with Crippen LogP contribution >= 0.6 is 11.6 Å². The lowest BCUT2D eigenvalue weighted by Crippen LogP contribution is -1.85. The van der Waals surface area contributed by atoms with Gasteiger partial charge in [0.2, 0.25) is 11.7 Å². The Kier molecular flexibility index (Phi) is 3.23. The van der Waals surface area contributed by atoms with Crippen LogP contribution in [0.5, 0.6) is 0 Å². The summed E-state index contributed by atoms with van der Waals surface area (Å²) in [5, 5.41) is 10.5. The van der Waals surface area contributed by atoms with Crippen molar-refractivity contribution in [2.75, 3.05) is 0 Å². The molecule has 2 heterocycles. The molecule has 4 rings (SSSR count). The van der Waals surface area contributed by atoms with E-state index in [-0.39, 0.29) is 5.02 Å². The Morgan fingerprint density at radius 2 is 2.13 bits per heavy atom. The van der Waals surface area contributed by atoms with Gasteiger partial charge in [-0.25, -0.2) is 14.4 Å². The van der Waals surface area contributed by atoms with Crippen LogP contribution in [0.15, 0.2) is 27.6 Å². The van der Waals surface area contributed by atoms with Gasteiger partial charge in [-0.1, -0.05) is 11.6 Å². The van der Waals surface area contributed by atoms with Crippen LogP contribution in [0.2, 0.25) is 5.02 Å². The number of hydrogen-bond donors (Lipinski definition) is 1. The van der Waals surface area contributed by atoms with Crippen LogP contribution < -0.4 is 0 Å². The number of halogens is 2. The fraction of sp³-hybridized carbons (Fsp3) is 0.200. The van der Waals surface area contributed by atoms with Crippen molar-refractivity contribution >= 4 is 24.1 Å². The summed E-state index contributed by atoms with van der Waals surface area (Å²) in [6, 6.07) is 4.34. The van der Waals surface area contributed by atoms with Crippen molar-refractivity contribution in [3.05, 3.63) is 34.8 Å². The molecule has 116 valence electrons. The molecule has 0 aliphatic heterocycles. The zero-order valence-electron chi connectivity index (χ0n) is 11.9. The SMILES string of the molecule is C=Nc1n[nH]nc1-c1nc(-c2ccc(F)c(Cl)c2)oc1C1CC1. The molecular weight excluding hydrogens is 321 g/mol. The molecule has 0 unspecified atom stereocenters. The third kappa shape index (κ3) is 2.43. The van der Waals surface area contributed by atoms with E-state index >= 15 is 0 Å². The van der Waals surface area contributed by atoms with Crippen molar-refractivity contribution in [1.82, 2.24) is 20.4 Å². The van der Waals surface area contributed by atoms with E-state index in [9.17, 15) is 4.39 Å². The molecule has 0 saturated heterocycles. The number of aromatic amines is 1. The molecule has 0 spiro atoms. The third-order valence-electron chi connectivity index (χ3n) is 3.67. The summed E-state index contributed by atoms with van der Waals surface area (Å²) < 4.78 is 19.2. The molecule has 1 aromatic carbocycles. The molecule has 2 aromatic heterocycles. The van der Waals surface area contributed by atoms with Crippen molar-refractivity contribution in [3.63, 3.8) is 0 Å². The number of nitrogens with one attached hydrogen (secondary N) is 1. The maximum atomic E-state index is 13.3. The molecule has 3 aromatic rings. The number of oxazole rings is 1. The lowest BCUT2D eigenvalue weighted by Gasteiger charge is -1.97. The van der Waals surface area contributed by atoms with Crippen LogP contribution in [0.3, 0.4) is 0 Å². The molecule has 1 fully saturated rings. The van der Waals surface area contributed by atoms with Crippen molar-refractivity contribution in [2.24, 2.45) is 4.99 Å². The van der Waals surface area contributed by atoms with Crippen LogP contribution in [-0.4, -0.2) is 27.1 Å². The van der Waals surface area contributed by atoms with Crippen LogP contribution in [-0.2, 0) is 0 Å². The predicted molar refractivity (Wildman–Crippen MR) is 83.5 cm³/mol. The highest BCUT2D eigenvalue weighted by Gasteiger charge is 2.34. The molecule has 0 bridgehead atoms. The van der Waals surface area contributed by atoms with Gasteiger partial charge in [0.05, 0.1) is 5.02 Å². The third-order valence-corrected chi connectivity index (χ3v) is 3.96. The van der Waals surface area contributed by atoms with Crippen LogP contribution in [0, 0.1) is 5.82 Å². The first-order valence-electron chi connectivity index (χ1n) is 7.01. The summed E-state index contributed by atoms with van der Waals surface area (Å²) >= 11 is 5.84.